The second kappa shape index (κ2) is 10.2. The first kappa shape index (κ1) is 23.6. The maximum absolute atomic E-state index is 12.9. The Morgan fingerprint density at radius 3 is 2.51 bits per heavy atom. The van der Waals surface area contributed by atoms with Gasteiger partial charge < -0.3 is 19.7 Å². The minimum Gasteiger partial charge on any atom is -0.486 e. The van der Waals surface area contributed by atoms with E-state index in [1.54, 1.807) is 11.8 Å². The molecular weight excluding hydrogens is 484 g/mol. The van der Waals surface area contributed by atoms with Gasteiger partial charge in [0.1, 0.15) is 18.6 Å². The number of hydrogen-bond acceptors (Lipinski definition) is 5. The van der Waals surface area contributed by atoms with Crippen molar-refractivity contribution in [3.63, 3.8) is 0 Å². The smallest absolute Gasteiger partial charge is 0.251 e. The molecule has 3 aromatic rings. The van der Waals surface area contributed by atoms with E-state index < -0.39 is 0 Å². The molecule has 1 fully saturated rings. The molecule has 0 bridgehead atoms. The third-order valence-corrected chi connectivity index (χ3v) is 7.61. The van der Waals surface area contributed by atoms with Gasteiger partial charge in [-0.25, -0.2) is 0 Å². The summed E-state index contributed by atoms with van der Waals surface area (Å²) in [5.41, 5.74) is 3.53. The monoisotopic (exact) mass is 508 g/mol. The molecule has 0 spiro atoms. The number of nitrogens with one attached hydrogen (secondary N) is 1. The van der Waals surface area contributed by atoms with Crippen molar-refractivity contribution in [3.8, 4) is 11.5 Å². The van der Waals surface area contributed by atoms with Crippen LogP contribution in [0.1, 0.15) is 45.4 Å². The van der Waals surface area contributed by atoms with Gasteiger partial charge in [0.15, 0.2) is 11.5 Å². The average Bonchev–Trinajstić information content (AvgIpc) is 3.24. The van der Waals surface area contributed by atoms with Crippen LogP contribution in [0.25, 0.3) is 0 Å². The molecule has 0 saturated carbocycles. The van der Waals surface area contributed by atoms with Gasteiger partial charge in [-0.3, -0.25) is 9.59 Å². The van der Waals surface area contributed by atoms with Crippen LogP contribution in [0.15, 0.2) is 66.7 Å². The van der Waals surface area contributed by atoms with Crippen molar-refractivity contribution in [1.29, 1.82) is 0 Å². The Balaban J connectivity index is 1.25. The maximum Gasteiger partial charge on any atom is 0.251 e. The zero-order valence-electron chi connectivity index (χ0n) is 19.2. The zero-order valence-corrected chi connectivity index (χ0v) is 20.8. The number of halogens is 1. The van der Waals surface area contributed by atoms with Gasteiger partial charge in [-0.1, -0.05) is 41.9 Å². The minimum atomic E-state index is -0.198. The van der Waals surface area contributed by atoms with Crippen molar-refractivity contribution in [3.05, 3.63) is 94.0 Å². The third-order valence-electron chi connectivity index (χ3n) is 6.11. The first-order chi connectivity index (χ1) is 17.0. The van der Waals surface area contributed by atoms with Gasteiger partial charge in [-0.15, -0.1) is 11.8 Å². The highest BCUT2D eigenvalue weighted by Gasteiger charge is 2.32. The van der Waals surface area contributed by atoms with Crippen LogP contribution in [0.3, 0.4) is 0 Å². The molecule has 0 aliphatic carbocycles. The number of amides is 2. The minimum absolute atomic E-state index is 0.0908. The van der Waals surface area contributed by atoms with E-state index in [0.29, 0.717) is 41.8 Å². The largest absolute Gasteiger partial charge is 0.486 e. The Labute approximate surface area is 213 Å². The fourth-order valence-electron chi connectivity index (χ4n) is 4.18. The van der Waals surface area contributed by atoms with Gasteiger partial charge in [0, 0.05) is 17.1 Å². The normalized spacial score (nSPS) is 17.8. The third kappa shape index (κ3) is 5.26. The lowest BCUT2D eigenvalue weighted by atomic mass is 10.1. The van der Waals surface area contributed by atoms with Crippen molar-refractivity contribution in [1.82, 2.24) is 10.2 Å². The van der Waals surface area contributed by atoms with Crippen LogP contribution in [0.4, 0.5) is 0 Å². The van der Waals surface area contributed by atoms with Crippen LogP contribution >= 0.6 is 23.4 Å². The fourth-order valence-corrected chi connectivity index (χ4v) is 5.49. The molecule has 2 amide bonds. The lowest BCUT2D eigenvalue weighted by molar-refractivity contribution is -0.128. The van der Waals surface area contributed by atoms with E-state index in [2.05, 4.69) is 5.32 Å². The van der Waals surface area contributed by atoms with Gasteiger partial charge in [0.2, 0.25) is 5.91 Å². The highest BCUT2D eigenvalue weighted by atomic mass is 35.5. The van der Waals surface area contributed by atoms with Gasteiger partial charge in [-0.2, -0.15) is 0 Å². The standard InChI is InChI=1S/C27H25ClN2O4S/c1-17(21-8-11-23-24(14-21)34-13-12-33-23)29-26(32)19-4-6-20(7-5-19)27-30(25(31)16-35-27)15-18-2-9-22(28)10-3-18/h2-11,14,17,27H,12-13,15-16H2,1H3,(H,29,32)/t17-,27-/m0/s1. The first-order valence-electron chi connectivity index (χ1n) is 11.4. The molecule has 5 rings (SSSR count). The van der Waals surface area contributed by atoms with E-state index >= 15 is 0 Å². The number of nitrogens with zero attached hydrogens (tertiary/aromatic N) is 1. The van der Waals surface area contributed by atoms with Crippen LogP contribution in [-0.4, -0.2) is 35.7 Å². The van der Waals surface area contributed by atoms with E-state index in [1.807, 2.05) is 78.6 Å². The van der Waals surface area contributed by atoms with E-state index in [1.165, 1.54) is 0 Å². The van der Waals surface area contributed by atoms with E-state index in [9.17, 15) is 9.59 Å². The lowest BCUT2D eigenvalue weighted by Crippen LogP contribution is -2.28. The first-order valence-corrected chi connectivity index (χ1v) is 12.9. The van der Waals surface area contributed by atoms with Crippen LogP contribution in [0.5, 0.6) is 11.5 Å². The van der Waals surface area contributed by atoms with Gasteiger partial charge in [0.05, 0.1) is 11.8 Å². The van der Waals surface area contributed by atoms with Gasteiger partial charge >= 0.3 is 0 Å². The lowest BCUT2D eigenvalue weighted by Gasteiger charge is -2.24. The molecular formula is C27H25ClN2O4S. The van der Waals surface area contributed by atoms with Gasteiger partial charge in [-0.05, 0) is 60.0 Å². The van der Waals surface area contributed by atoms with Crippen LogP contribution in [0.2, 0.25) is 5.02 Å². The summed E-state index contributed by atoms with van der Waals surface area (Å²) in [6.07, 6.45) is 0. The van der Waals surface area contributed by atoms with Crippen molar-refractivity contribution in [2.45, 2.75) is 24.9 Å². The molecule has 2 aliphatic heterocycles. The van der Waals surface area contributed by atoms with Gasteiger partial charge in [0.25, 0.3) is 5.91 Å². The van der Waals surface area contributed by atoms with Crippen LogP contribution in [-0.2, 0) is 11.3 Å². The number of benzene rings is 3. The molecule has 0 unspecified atom stereocenters. The molecule has 1 N–H and O–H groups in total. The summed E-state index contributed by atoms with van der Waals surface area (Å²) in [6, 6.07) is 20.5. The van der Waals surface area contributed by atoms with E-state index in [-0.39, 0.29) is 23.2 Å². The van der Waals surface area contributed by atoms with E-state index in [0.717, 1.165) is 22.4 Å². The van der Waals surface area contributed by atoms with Crippen molar-refractivity contribution >= 4 is 35.2 Å². The highest BCUT2D eigenvalue weighted by molar-refractivity contribution is 8.00. The Morgan fingerprint density at radius 1 is 1.06 bits per heavy atom. The molecule has 0 radical (unpaired) electrons. The second-order valence-electron chi connectivity index (χ2n) is 8.53. The molecule has 35 heavy (non-hydrogen) atoms. The van der Waals surface area contributed by atoms with E-state index in [4.69, 9.17) is 21.1 Å². The van der Waals surface area contributed by atoms with Crippen molar-refractivity contribution < 1.29 is 19.1 Å². The summed E-state index contributed by atoms with van der Waals surface area (Å²) < 4.78 is 11.2. The summed E-state index contributed by atoms with van der Waals surface area (Å²) >= 11 is 7.58. The number of carbonyl (C=O) groups excluding carboxylic acids is 2. The molecule has 1 saturated heterocycles. The molecule has 3 aromatic carbocycles. The number of hydrogen-bond donors (Lipinski definition) is 1. The molecule has 2 aliphatic rings. The number of thioether (sulfide) groups is 1. The Kier molecular flexibility index (Phi) is 6.88. The molecule has 8 heteroatoms. The SMILES string of the molecule is C[C@H](NC(=O)c1ccc([C@@H]2SCC(=O)N2Cc2ccc(Cl)cc2)cc1)c1ccc2c(c1)OCCO2. The number of carbonyl (C=O) groups is 2. The van der Waals surface area contributed by atoms with Crippen LogP contribution in [0, 0.1) is 0 Å². The molecule has 6 nitrogen and oxygen atoms in total. The second-order valence-corrected chi connectivity index (χ2v) is 10.0. The Hall–Kier alpha value is -3.16. The number of ether oxygens (including phenoxy) is 2. The molecule has 2 atom stereocenters. The van der Waals surface area contributed by atoms with Crippen LogP contribution < -0.4 is 14.8 Å². The topological polar surface area (TPSA) is 67.9 Å². The Bertz CT molecular complexity index is 1230. The average molecular weight is 509 g/mol. The molecule has 0 aromatic heterocycles. The zero-order chi connectivity index (χ0) is 24.4. The van der Waals surface area contributed by atoms with Crippen molar-refractivity contribution in [2.75, 3.05) is 19.0 Å². The summed E-state index contributed by atoms with van der Waals surface area (Å²) in [5, 5.41) is 3.63. The summed E-state index contributed by atoms with van der Waals surface area (Å²) in [7, 11) is 0. The predicted octanol–water partition coefficient (Wildman–Crippen LogP) is 5.38. The van der Waals surface area contributed by atoms with Crippen molar-refractivity contribution in [2.24, 2.45) is 0 Å². The summed E-state index contributed by atoms with van der Waals surface area (Å²) in [6.45, 7) is 3.52. The predicted molar refractivity (Wildman–Crippen MR) is 137 cm³/mol. The number of rotatable bonds is 6. The molecule has 180 valence electrons. The fraction of sp³-hybridized carbons (Fsp3) is 0.259. The Morgan fingerprint density at radius 2 is 1.77 bits per heavy atom. The quantitative estimate of drug-likeness (QED) is 0.484. The summed E-state index contributed by atoms with van der Waals surface area (Å²) in [5.74, 6) is 1.80. The molecule has 2 heterocycles. The highest BCUT2D eigenvalue weighted by Crippen LogP contribution is 2.39. The summed E-state index contributed by atoms with van der Waals surface area (Å²) in [4.78, 5) is 27.3. The maximum atomic E-state index is 12.9. The number of fused-ring (bicyclic) bond motifs is 1.